The van der Waals surface area contributed by atoms with E-state index in [1.165, 1.54) is 5.57 Å². The Morgan fingerprint density at radius 3 is 2.43 bits per heavy atom. The van der Waals surface area contributed by atoms with Crippen LogP contribution in [0.3, 0.4) is 0 Å². The molecular weight excluding hydrogens is 389 g/mol. The average molecular weight is 429 g/mol. The van der Waals surface area contributed by atoms with Crippen LogP contribution in [0.25, 0.3) is 0 Å². The molecule has 4 aliphatic rings. The molecule has 3 saturated carbocycles. The Bertz CT molecular complexity index is 703. The molecule has 0 amide bonds. The van der Waals surface area contributed by atoms with Crippen LogP contribution in [0.15, 0.2) is 11.6 Å². The van der Waals surface area contributed by atoms with Crippen molar-refractivity contribution in [2.75, 3.05) is 0 Å². The largest absolute Gasteiger partial charge is 0.414 e. The van der Waals surface area contributed by atoms with Crippen molar-refractivity contribution in [1.82, 2.24) is 0 Å². The summed E-state index contributed by atoms with van der Waals surface area (Å²) in [5, 5.41) is 20.8. The summed E-state index contributed by atoms with van der Waals surface area (Å²) in [7, 11) is 0. The molecule has 0 bridgehead atoms. The molecule has 0 unspecified atom stereocenters. The Morgan fingerprint density at radius 2 is 1.80 bits per heavy atom. The zero-order valence-electron chi connectivity index (χ0n) is 18.9. The number of allylic oxidation sites excluding steroid dienone is 1. The van der Waals surface area contributed by atoms with Crippen molar-refractivity contribution in [1.29, 1.82) is 0 Å². The Balaban J connectivity index is 1.58. The van der Waals surface area contributed by atoms with Gasteiger partial charge in [0.05, 0.1) is 5.60 Å². The maximum absolute atomic E-state index is 13.2. The molecule has 0 aromatic rings. The predicted molar refractivity (Wildman–Crippen MR) is 112 cm³/mol. The molecule has 2 nitrogen and oxygen atoms in total. The Labute approximate surface area is 179 Å². The zero-order chi connectivity index (χ0) is 22.1. The van der Waals surface area contributed by atoms with Crippen LogP contribution >= 0.6 is 0 Å². The van der Waals surface area contributed by atoms with Gasteiger partial charge in [-0.2, -0.15) is 13.2 Å². The van der Waals surface area contributed by atoms with E-state index in [9.17, 15) is 23.4 Å². The van der Waals surface area contributed by atoms with Crippen molar-refractivity contribution >= 4 is 0 Å². The number of aliphatic hydroxyl groups excluding tert-OH is 1. The molecule has 4 aliphatic carbocycles. The number of aliphatic hydroxyl groups is 2. The number of fused-ring (bicyclic) bond motifs is 5. The molecule has 4 rings (SSSR count). The maximum atomic E-state index is 13.2. The van der Waals surface area contributed by atoms with Crippen LogP contribution in [0, 0.1) is 40.4 Å². The molecule has 2 N–H and O–H groups in total. The van der Waals surface area contributed by atoms with Crippen LogP contribution in [-0.4, -0.2) is 28.1 Å². The van der Waals surface area contributed by atoms with Gasteiger partial charge in [-0.15, -0.1) is 0 Å². The van der Waals surface area contributed by atoms with Crippen molar-refractivity contribution in [2.45, 2.75) is 103 Å². The lowest BCUT2D eigenvalue weighted by Gasteiger charge is -2.59. The standard InChI is InChI=1S/C25H39F3O2/c1-5-24(30)13-12-22(3)16(14-24)6-7-17-19-9-8-18(15(2)21(29)25(26,27)28)23(19,4)11-10-20(17)22/h6,15,17-21,29-30H,5,7-14H2,1-4H3/t15-,17-,18+,19-,20-,21+,22-,23+,24-/m0/s1. The van der Waals surface area contributed by atoms with Crippen LogP contribution in [0.5, 0.6) is 0 Å². The fourth-order valence-electron chi connectivity index (χ4n) is 8.44. The van der Waals surface area contributed by atoms with Crippen LogP contribution < -0.4 is 0 Å². The third-order valence-corrected chi connectivity index (χ3v) is 10.5. The minimum absolute atomic E-state index is 0.0743. The number of hydrogen-bond donors (Lipinski definition) is 2. The van der Waals surface area contributed by atoms with Gasteiger partial charge in [0, 0.05) is 0 Å². The van der Waals surface area contributed by atoms with E-state index in [1.807, 2.05) is 0 Å². The molecule has 5 heteroatoms. The summed E-state index contributed by atoms with van der Waals surface area (Å²) in [4.78, 5) is 0. The molecule has 0 spiro atoms. The van der Waals surface area contributed by atoms with Crippen molar-refractivity contribution < 1.29 is 23.4 Å². The number of halogens is 3. The molecule has 0 aromatic carbocycles. The van der Waals surface area contributed by atoms with Crippen molar-refractivity contribution in [3.05, 3.63) is 11.6 Å². The maximum Gasteiger partial charge on any atom is 0.414 e. The van der Waals surface area contributed by atoms with E-state index in [1.54, 1.807) is 6.92 Å². The summed E-state index contributed by atoms with van der Waals surface area (Å²) in [5.74, 6) is 0.695. The fraction of sp³-hybridized carbons (Fsp3) is 0.920. The second-order valence-electron chi connectivity index (χ2n) is 11.6. The van der Waals surface area contributed by atoms with Crippen LogP contribution in [-0.2, 0) is 0 Å². The molecule has 172 valence electrons. The molecule has 0 heterocycles. The predicted octanol–water partition coefficient (Wildman–Crippen LogP) is 6.27. The van der Waals surface area contributed by atoms with E-state index in [0.717, 1.165) is 57.8 Å². The highest BCUT2D eigenvalue weighted by atomic mass is 19.4. The number of hydrogen-bond acceptors (Lipinski definition) is 2. The summed E-state index contributed by atoms with van der Waals surface area (Å²) < 4.78 is 39.7. The summed E-state index contributed by atoms with van der Waals surface area (Å²) in [6.07, 6.45) is 3.83. The van der Waals surface area contributed by atoms with E-state index < -0.39 is 23.8 Å². The Hall–Kier alpha value is -0.550. The minimum atomic E-state index is -4.54. The van der Waals surface area contributed by atoms with Crippen molar-refractivity contribution in [3.63, 3.8) is 0 Å². The summed E-state index contributed by atoms with van der Waals surface area (Å²) >= 11 is 0. The topological polar surface area (TPSA) is 40.5 Å². The third kappa shape index (κ3) is 3.29. The van der Waals surface area contributed by atoms with Crippen LogP contribution in [0.4, 0.5) is 13.2 Å². The van der Waals surface area contributed by atoms with Gasteiger partial charge in [-0.05, 0) is 98.2 Å². The van der Waals surface area contributed by atoms with Gasteiger partial charge in [-0.3, -0.25) is 0 Å². The smallest absolute Gasteiger partial charge is 0.390 e. The SMILES string of the molecule is CC[C@]1(O)CC[C@@]2(C)C(=CC[C@H]3[C@@H]4CC[C@H]([C@H](C)[C@@H](O)C(F)(F)F)[C@@]4(C)CC[C@@H]32)C1. The third-order valence-electron chi connectivity index (χ3n) is 10.5. The first-order valence-electron chi connectivity index (χ1n) is 12.0. The first kappa shape index (κ1) is 22.6. The summed E-state index contributed by atoms with van der Waals surface area (Å²) in [6, 6.07) is 0. The van der Waals surface area contributed by atoms with E-state index in [0.29, 0.717) is 17.8 Å². The highest BCUT2D eigenvalue weighted by molar-refractivity contribution is 5.27. The van der Waals surface area contributed by atoms with E-state index >= 15 is 0 Å². The Morgan fingerprint density at radius 1 is 1.10 bits per heavy atom. The quantitative estimate of drug-likeness (QED) is 0.521. The van der Waals surface area contributed by atoms with Gasteiger partial charge in [0.1, 0.15) is 0 Å². The molecule has 9 atom stereocenters. The average Bonchev–Trinajstić information content (AvgIpc) is 3.04. The van der Waals surface area contributed by atoms with Gasteiger partial charge < -0.3 is 10.2 Å². The summed E-state index contributed by atoms with van der Waals surface area (Å²) in [5.41, 5.74) is 0.871. The van der Waals surface area contributed by atoms with E-state index in [2.05, 4.69) is 26.8 Å². The van der Waals surface area contributed by atoms with Crippen molar-refractivity contribution in [3.8, 4) is 0 Å². The van der Waals surface area contributed by atoms with Gasteiger partial charge >= 0.3 is 6.18 Å². The first-order valence-corrected chi connectivity index (χ1v) is 12.0. The van der Waals surface area contributed by atoms with Crippen LogP contribution in [0.2, 0.25) is 0 Å². The molecule has 0 radical (unpaired) electrons. The van der Waals surface area contributed by atoms with Crippen LogP contribution in [0.1, 0.15) is 85.5 Å². The number of alkyl halides is 3. The second kappa shape index (κ2) is 7.23. The van der Waals surface area contributed by atoms with E-state index in [-0.39, 0.29) is 16.7 Å². The normalized spacial score (nSPS) is 48.2. The molecule has 0 aliphatic heterocycles. The molecule has 30 heavy (non-hydrogen) atoms. The summed E-state index contributed by atoms with van der Waals surface area (Å²) in [6.45, 7) is 8.27. The highest BCUT2D eigenvalue weighted by Gasteiger charge is 2.61. The highest BCUT2D eigenvalue weighted by Crippen LogP contribution is 2.68. The van der Waals surface area contributed by atoms with Gasteiger partial charge in [0.2, 0.25) is 0 Å². The lowest BCUT2D eigenvalue weighted by molar-refractivity contribution is -0.227. The van der Waals surface area contributed by atoms with Gasteiger partial charge in [0.25, 0.3) is 0 Å². The molecule has 3 fully saturated rings. The molecular formula is C25H39F3O2. The van der Waals surface area contributed by atoms with Gasteiger partial charge in [0.15, 0.2) is 6.10 Å². The minimum Gasteiger partial charge on any atom is -0.390 e. The second-order valence-corrected chi connectivity index (χ2v) is 11.6. The fourth-order valence-corrected chi connectivity index (χ4v) is 8.44. The van der Waals surface area contributed by atoms with Gasteiger partial charge in [-0.1, -0.05) is 39.3 Å². The lowest BCUT2D eigenvalue weighted by atomic mass is 9.46. The van der Waals surface area contributed by atoms with E-state index in [4.69, 9.17) is 0 Å². The molecule has 0 saturated heterocycles. The monoisotopic (exact) mass is 428 g/mol. The molecule has 0 aromatic heterocycles. The zero-order valence-corrected chi connectivity index (χ0v) is 18.9. The van der Waals surface area contributed by atoms with Crippen molar-refractivity contribution in [2.24, 2.45) is 40.4 Å². The Kier molecular flexibility index (Phi) is 5.46. The van der Waals surface area contributed by atoms with Gasteiger partial charge in [-0.25, -0.2) is 0 Å². The first-order chi connectivity index (χ1) is 13.9. The number of rotatable bonds is 3. The lowest BCUT2D eigenvalue weighted by Crippen LogP contribution is -2.53.